The lowest BCUT2D eigenvalue weighted by Gasteiger charge is -2.25. The van der Waals surface area contributed by atoms with E-state index in [4.69, 9.17) is 0 Å². The van der Waals surface area contributed by atoms with Crippen LogP contribution >= 0.6 is 15.9 Å². The number of amides is 1. The maximum Gasteiger partial charge on any atom is 0.266 e. The summed E-state index contributed by atoms with van der Waals surface area (Å²) in [4.78, 5) is 32.0. The molecule has 0 aliphatic carbocycles. The van der Waals surface area contributed by atoms with Crippen LogP contribution in [-0.4, -0.2) is 42.7 Å². The molecule has 1 saturated heterocycles. The highest BCUT2D eigenvalue weighted by Gasteiger charge is 2.29. The summed E-state index contributed by atoms with van der Waals surface area (Å²) in [7, 11) is 1.73. The van der Waals surface area contributed by atoms with Gasteiger partial charge in [-0.05, 0) is 47.7 Å². The Morgan fingerprint density at radius 3 is 2.79 bits per heavy atom. The minimum absolute atomic E-state index is 0.00644. The molecule has 1 unspecified atom stereocenters. The molecule has 1 aliphatic rings. The number of rotatable bonds is 4. The van der Waals surface area contributed by atoms with Crippen LogP contribution in [0.2, 0.25) is 0 Å². The van der Waals surface area contributed by atoms with Crippen molar-refractivity contribution in [1.82, 2.24) is 24.2 Å². The third-order valence-electron chi connectivity index (χ3n) is 5.36. The van der Waals surface area contributed by atoms with Crippen molar-refractivity contribution in [1.29, 1.82) is 0 Å². The van der Waals surface area contributed by atoms with Gasteiger partial charge in [0.25, 0.3) is 5.56 Å². The predicted molar refractivity (Wildman–Crippen MR) is 110 cm³/mol. The first-order valence-electron chi connectivity index (χ1n) is 9.36. The molecule has 0 N–H and O–H groups in total. The van der Waals surface area contributed by atoms with Gasteiger partial charge in [-0.15, -0.1) is 0 Å². The average molecular weight is 444 g/mol. The second kappa shape index (κ2) is 7.50. The van der Waals surface area contributed by atoms with Crippen LogP contribution in [0.15, 0.2) is 40.0 Å². The lowest BCUT2D eigenvalue weighted by molar-refractivity contribution is -0.132. The van der Waals surface area contributed by atoms with Crippen LogP contribution in [0.4, 0.5) is 0 Å². The van der Waals surface area contributed by atoms with E-state index in [-0.39, 0.29) is 24.1 Å². The fourth-order valence-electron chi connectivity index (χ4n) is 3.86. The monoisotopic (exact) mass is 443 g/mol. The molecule has 1 atom stereocenters. The molecule has 7 nitrogen and oxygen atoms in total. The first-order chi connectivity index (χ1) is 13.4. The van der Waals surface area contributed by atoms with E-state index in [0.29, 0.717) is 15.6 Å². The molecule has 3 aromatic rings. The van der Waals surface area contributed by atoms with Crippen molar-refractivity contribution in [2.45, 2.75) is 38.8 Å². The summed E-state index contributed by atoms with van der Waals surface area (Å²) in [6, 6.07) is 8.62. The molecule has 1 aromatic carbocycles. The Hall–Kier alpha value is -2.48. The van der Waals surface area contributed by atoms with Crippen LogP contribution < -0.4 is 5.56 Å². The number of hydrogen-bond acceptors (Lipinski definition) is 4. The van der Waals surface area contributed by atoms with Crippen molar-refractivity contribution in [3.63, 3.8) is 0 Å². The van der Waals surface area contributed by atoms with Gasteiger partial charge in [0.15, 0.2) is 5.65 Å². The van der Waals surface area contributed by atoms with Crippen molar-refractivity contribution in [3.8, 4) is 0 Å². The number of nitrogens with zero attached hydrogens (tertiary/aromatic N) is 5. The highest BCUT2D eigenvalue weighted by molar-refractivity contribution is 9.10. The van der Waals surface area contributed by atoms with Crippen LogP contribution in [0, 0.1) is 6.92 Å². The van der Waals surface area contributed by atoms with Crippen molar-refractivity contribution in [3.05, 3.63) is 56.7 Å². The van der Waals surface area contributed by atoms with E-state index in [1.165, 1.54) is 22.0 Å². The summed E-state index contributed by atoms with van der Waals surface area (Å²) in [6.45, 7) is 2.79. The van der Waals surface area contributed by atoms with Crippen LogP contribution in [0.3, 0.4) is 0 Å². The first-order valence-corrected chi connectivity index (χ1v) is 10.2. The van der Waals surface area contributed by atoms with Crippen molar-refractivity contribution in [2.24, 2.45) is 7.05 Å². The number of carbonyl (C=O) groups is 1. The number of hydrogen-bond donors (Lipinski definition) is 0. The minimum atomic E-state index is -0.257. The molecule has 0 bridgehead atoms. The minimum Gasteiger partial charge on any atom is -0.338 e. The Labute approximate surface area is 171 Å². The number of carbonyl (C=O) groups excluding carboxylic acids is 1. The number of fused-ring (bicyclic) bond motifs is 1. The van der Waals surface area contributed by atoms with E-state index >= 15 is 0 Å². The molecule has 0 radical (unpaired) electrons. The highest BCUT2D eigenvalue weighted by Crippen LogP contribution is 2.22. The van der Waals surface area contributed by atoms with Crippen molar-refractivity contribution < 1.29 is 4.79 Å². The lowest BCUT2D eigenvalue weighted by Crippen LogP contribution is -2.40. The molecule has 1 aliphatic heterocycles. The predicted octanol–water partition coefficient (Wildman–Crippen LogP) is 2.43. The molecule has 1 amide bonds. The summed E-state index contributed by atoms with van der Waals surface area (Å²) in [5, 5.41) is 4.57. The zero-order chi connectivity index (χ0) is 19.8. The number of halogens is 1. The van der Waals surface area contributed by atoms with Gasteiger partial charge in [-0.3, -0.25) is 14.2 Å². The Bertz CT molecular complexity index is 1090. The summed E-state index contributed by atoms with van der Waals surface area (Å²) in [5.74, 6) is -0.0436. The van der Waals surface area contributed by atoms with Gasteiger partial charge in [0.05, 0.1) is 0 Å². The van der Waals surface area contributed by atoms with Crippen molar-refractivity contribution in [2.75, 3.05) is 6.54 Å². The maximum absolute atomic E-state index is 13.0. The van der Waals surface area contributed by atoms with E-state index in [2.05, 4.69) is 57.2 Å². The molecule has 3 heterocycles. The lowest BCUT2D eigenvalue weighted by atomic mass is 10.0. The molecule has 2 aromatic heterocycles. The van der Waals surface area contributed by atoms with Gasteiger partial charge < -0.3 is 4.90 Å². The van der Waals surface area contributed by atoms with E-state index < -0.39 is 0 Å². The van der Waals surface area contributed by atoms with Gasteiger partial charge in [0.2, 0.25) is 5.91 Å². The zero-order valence-electron chi connectivity index (χ0n) is 15.9. The number of aromatic nitrogens is 4. The zero-order valence-corrected chi connectivity index (χ0v) is 17.5. The van der Waals surface area contributed by atoms with Crippen LogP contribution in [0.5, 0.6) is 0 Å². The molecule has 146 valence electrons. The smallest absolute Gasteiger partial charge is 0.266 e. The molecule has 1 fully saturated rings. The second-order valence-electron chi connectivity index (χ2n) is 7.36. The average Bonchev–Trinajstić information content (AvgIpc) is 3.24. The third kappa shape index (κ3) is 3.48. The van der Waals surface area contributed by atoms with Gasteiger partial charge >= 0.3 is 0 Å². The molecule has 4 rings (SSSR count). The SMILES string of the molecule is Cc1ccc(CC2CCCN2C(=O)Cn2cnc3c(c(Br)nn3C)c2=O)cc1. The molecule has 8 heteroatoms. The fraction of sp³-hybridized carbons (Fsp3) is 0.400. The summed E-state index contributed by atoms with van der Waals surface area (Å²) >= 11 is 3.31. The molecule has 0 spiro atoms. The summed E-state index contributed by atoms with van der Waals surface area (Å²) in [5.41, 5.74) is 2.70. The Morgan fingerprint density at radius 1 is 1.29 bits per heavy atom. The van der Waals surface area contributed by atoms with E-state index in [1.807, 2.05) is 4.90 Å². The first kappa shape index (κ1) is 18.9. The van der Waals surface area contributed by atoms with Gasteiger partial charge in [-0.25, -0.2) is 9.67 Å². The Balaban J connectivity index is 1.53. The maximum atomic E-state index is 13.0. The second-order valence-corrected chi connectivity index (χ2v) is 8.11. The van der Waals surface area contributed by atoms with Gasteiger partial charge in [0.1, 0.15) is 22.9 Å². The molecular weight excluding hydrogens is 422 g/mol. The summed E-state index contributed by atoms with van der Waals surface area (Å²) in [6.07, 6.45) is 4.25. The van der Waals surface area contributed by atoms with Gasteiger partial charge in [0, 0.05) is 19.6 Å². The Kier molecular flexibility index (Phi) is 5.05. The topological polar surface area (TPSA) is 73.0 Å². The number of benzene rings is 1. The third-order valence-corrected chi connectivity index (χ3v) is 5.92. The Morgan fingerprint density at radius 2 is 2.04 bits per heavy atom. The number of likely N-dealkylation sites (tertiary alicyclic amines) is 1. The van der Waals surface area contributed by atoms with Crippen LogP contribution in [0.1, 0.15) is 24.0 Å². The fourth-order valence-corrected chi connectivity index (χ4v) is 4.44. The van der Waals surface area contributed by atoms with E-state index in [9.17, 15) is 9.59 Å². The van der Waals surface area contributed by atoms with E-state index in [1.54, 1.807) is 11.7 Å². The molecular formula is C20H22BrN5O2. The number of aryl methyl sites for hydroxylation is 2. The van der Waals surface area contributed by atoms with Crippen molar-refractivity contribution >= 4 is 32.9 Å². The van der Waals surface area contributed by atoms with Crippen LogP contribution in [0.25, 0.3) is 11.0 Å². The largest absolute Gasteiger partial charge is 0.338 e. The standard InChI is InChI=1S/C20H22BrN5O2/c1-13-5-7-14(8-6-13)10-15-4-3-9-26(15)16(27)11-25-12-22-19-17(20(25)28)18(21)23-24(19)2/h5-8,12,15H,3-4,9-11H2,1-2H3. The quantitative estimate of drug-likeness (QED) is 0.620. The van der Waals surface area contributed by atoms with Gasteiger partial charge in [-0.1, -0.05) is 29.8 Å². The summed E-state index contributed by atoms with van der Waals surface area (Å²) < 4.78 is 3.37. The molecule has 0 saturated carbocycles. The molecule has 28 heavy (non-hydrogen) atoms. The highest BCUT2D eigenvalue weighted by atomic mass is 79.9. The van der Waals surface area contributed by atoms with Gasteiger partial charge in [-0.2, -0.15) is 5.10 Å². The van der Waals surface area contributed by atoms with Crippen LogP contribution in [-0.2, 0) is 24.8 Å². The van der Waals surface area contributed by atoms with E-state index in [0.717, 1.165) is 25.8 Å². The normalized spacial score (nSPS) is 16.8.